The summed E-state index contributed by atoms with van der Waals surface area (Å²) in [7, 11) is 2.92. The summed E-state index contributed by atoms with van der Waals surface area (Å²) in [5.41, 5.74) is 2.16. The zero-order valence-electron chi connectivity index (χ0n) is 19.2. The quantitative estimate of drug-likeness (QED) is 0.302. The van der Waals surface area contributed by atoms with Gasteiger partial charge in [0.2, 0.25) is 0 Å². The number of nitrogens with zero attached hydrogens (tertiary/aromatic N) is 2. The second-order valence-electron chi connectivity index (χ2n) is 7.93. The maximum atomic E-state index is 13.4. The molecule has 7 nitrogen and oxygen atoms in total. The van der Waals surface area contributed by atoms with Gasteiger partial charge in [0, 0.05) is 5.69 Å². The zero-order chi connectivity index (χ0) is 25.3. The van der Waals surface area contributed by atoms with Crippen molar-refractivity contribution in [3.63, 3.8) is 0 Å². The number of amides is 1. The molecular weight excluding hydrogens is 468 g/mol. The molecule has 3 aromatic rings. The van der Waals surface area contributed by atoms with E-state index in [0.717, 1.165) is 5.56 Å². The van der Waals surface area contributed by atoms with Crippen molar-refractivity contribution < 1.29 is 24.2 Å². The van der Waals surface area contributed by atoms with E-state index in [1.807, 2.05) is 6.07 Å². The lowest BCUT2D eigenvalue weighted by molar-refractivity contribution is -0.132. The van der Waals surface area contributed by atoms with Gasteiger partial charge in [-0.05, 0) is 66.6 Å². The number of halogens is 1. The smallest absolute Gasteiger partial charge is 0.300 e. The van der Waals surface area contributed by atoms with Gasteiger partial charge in [-0.3, -0.25) is 14.5 Å². The maximum Gasteiger partial charge on any atom is 0.300 e. The first-order valence-corrected chi connectivity index (χ1v) is 11.0. The molecule has 1 heterocycles. The summed E-state index contributed by atoms with van der Waals surface area (Å²) in [6, 6.07) is 17.6. The van der Waals surface area contributed by atoms with Crippen molar-refractivity contribution in [1.82, 2.24) is 0 Å². The van der Waals surface area contributed by atoms with Gasteiger partial charge in [0.1, 0.15) is 17.3 Å². The lowest BCUT2D eigenvalue weighted by atomic mass is 9.94. The number of nitriles is 1. The summed E-state index contributed by atoms with van der Waals surface area (Å²) in [6.45, 7) is 1.79. The summed E-state index contributed by atoms with van der Waals surface area (Å²) < 4.78 is 10.7. The number of rotatable bonds is 5. The van der Waals surface area contributed by atoms with Gasteiger partial charge in [0.05, 0.1) is 48.1 Å². The summed E-state index contributed by atoms with van der Waals surface area (Å²) in [6.07, 6.45) is 0. The Balaban J connectivity index is 2.01. The number of carbonyl (C=O) groups is 2. The number of aliphatic hydroxyl groups is 1. The van der Waals surface area contributed by atoms with Crippen LogP contribution < -0.4 is 14.4 Å². The molecule has 1 aliphatic rings. The molecule has 0 spiro atoms. The first-order chi connectivity index (χ1) is 16.8. The number of ether oxygens (including phenoxy) is 2. The Hall–Kier alpha value is -4.28. The van der Waals surface area contributed by atoms with Crippen molar-refractivity contribution in [3.05, 3.63) is 93.5 Å². The fourth-order valence-electron chi connectivity index (χ4n) is 4.18. The fraction of sp³-hybridized carbons (Fsp3) is 0.148. The number of anilines is 1. The molecule has 4 rings (SSSR count). The highest BCUT2D eigenvalue weighted by Gasteiger charge is 2.47. The fourth-order valence-corrected chi connectivity index (χ4v) is 4.53. The number of hydrogen-bond donors (Lipinski definition) is 1. The monoisotopic (exact) mass is 488 g/mol. The molecule has 1 unspecified atom stereocenters. The third-order valence-corrected chi connectivity index (χ3v) is 6.06. The van der Waals surface area contributed by atoms with E-state index in [0.29, 0.717) is 22.6 Å². The number of benzene rings is 3. The molecule has 1 atom stereocenters. The Morgan fingerprint density at radius 1 is 1.06 bits per heavy atom. The van der Waals surface area contributed by atoms with Gasteiger partial charge in [-0.1, -0.05) is 23.7 Å². The predicted octanol–water partition coefficient (Wildman–Crippen LogP) is 5.16. The Kier molecular flexibility index (Phi) is 6.50. The predicted molar refractivity (Wildman–Crippen MR) is 132 cm³/mol. The Morgan fingerprint density at radius 3 is 2.40 bits per heavy atom. The Morgan fingerprint density at radius 2 is 1.77 bits per heavy atom. The van der Waals surface area contributed by atoms with Gasteiger partial charge >= 0.3 is 0 Å². The Labute approximate surface area is 207 Å². The number of aliphatic hydroxyl groups excluding tert-OH is 1. The van der Waals surface area contributed by atoms with E-state index in [1.165, 1.54) is 19.1 Å². The molecule has 1 aliphatic heterocycles. The van der Waals surface area contributed by atoms with Crippen LogP contribution in [0, 0.1) is 18.3 Å². The lowest BCUT2D eigenvalue weighted by Crippen LogP contribution is -2.29. The summed E-state index contributed by atoms with van der Waals surface area (Å²) in [4.78, 5) is 28.0. The van der Waals surface area contributed by atoms with E-state index in [2.05, 4.69) is 0 Å². The largest absolute Gasteiger partial charge is 0.507 e. The summed E-state index contributed by atoms with van der Waals surface area (Å²) in [5, 5.41) is 20.8. The van der Waals surface area contributed by atoms with Crippen LogP contribution in [0.1, 0.15) is 28.3 Å². The third-order valence-electron chi connectivity index (χ3n) is 5.78. The highest BCUT2D eigenvalue weighted by molar-refractivity contribution is 6.51. The van der Waals surface area contributed by atoms with Crippen LogP contribution in [0.4, 0.5) is 5.69 Å². The minimum absolute atomic E-state index is 0.118. The normalized spacial score (nSPS) is 16.8. The van der Waals surface area contributed by atoms with Crippen molar-refractivity contribution in [3.8, 4) is 17.6 Å². The molecule has 1 N–H and O–H groups in total. The SMILES string of the molecule is COc1cccc(C2/C(=C(\O)c3cc(C)cc(Cl)c3OC)C(=O)C(=O)N2c2ccc(C#N)cc2)c1. The van der Waals surface area contributed by atoms with E-state index in [1.54, 1.807) is 67.6 Å². The van der Waals surface area contributed by atoms with Crippen molar-refractivity contribution in [2.45, 2.75) is 13.0 Å². The van der Waals surface area contributed by atoms with Crippen molar-refractivity contribution in [1.29, 1.82) is 5.26 Å². The first kappa shape index (κ1) is 23.9. The van der Waals surface area contributed by atoms with E-state index < -0.39 is 23.5 Å². The van der Waals surface area contributed by atoms with Crippen LogP contribution in [-0.4, -0.2) is 31.0 Å². The summed E-state index contributed by atoms with van der Waals surface area (Å²) in [5.74, 6) is -1.39. The van der Waals surface area contributed by atoms with Crippen LogP contribution in [0.2, 0.25) is 5.02 Å². The highest BCUT2D eigenvalue weighted by atomic mass is 35.5. The molecule has 3 aromatic carbocycles. The van der Waals surface area contributed by atoms with Crippen molar-refractivity contribution in [2.75, 3.05) is 19.1 Å². The van der Waals surface area contributed by atoms with Gasteiger partial charge in [0.25, 0.3) is 11.7 Å². The second kappa shape index (κ2) is 9.53. The van der Waals surface area contributed by atoms with Crippen molar-refractivity contribution >= 4 is 34.7 Å². The second-order valence-corrected chi connectivity index (χ2v) is 8.34. The summed E-state index contributed by atoms with van der Waals surface area (Å²) >= 11 is 6.33. The van der Waals surface area contributed by atoms with Crippen LogP contribution in [0.5, 0.6) is 11.5 Å². The van der Waals surface area contributed by atoms with E-state index in [-0.39, 0.29) is 21.9 Å². The van der Waals surface area contributed by atoms with Crippen molar-refractivity contribution in [2.24, 2.45) is 0 Å². The van der Waals surface area contributed by atoms with Crippen LogP contribution in [0.15, 0.2) is 66.2 Å². The topological polar surface area (TPSA) is 99.9 Å². The average molecular weight is 489 g/mol. The van der Waals surface area contributed by atoms with E-state index in [9.17, 15) is 14.7 Å². The van der Waals surface area contributed by atoms with Crippen LogP contribution in [0.25, 0.3) is 5.76 Å². The highest BCUT2D eigenvalue weighted by Crippen LogP contribution is 2.45. The number of methoxy groups -OCH3 is 2. The first-order valence-electron chi connectivity index (χ1n) is 10.6. The van der Waals surface area contributed by atoms with Gasteiger partial charge in [-0.2, -0.15) is 5.26 Å². The molecule has 8 heteroatoms. The minimum atomic E-state index is -0.970. The number of aryl methyl sites for hydroxylation is 1. The molecule has 0 saturated carbocycles. The van der Waals surface area contributed by atoms with Crippen LogP contribution >= 0.6 is 11.6 Å². The molecule has 1 saturated heterocycles. The number of Topliss-reactive ketones (excluding diaryl/α,β-unsaturated/α-hetero) is 1. The molecule has 0 aromatic heterocycles. The van der Waals surface area contributed by atoms with Crippen LogP contribution in [-0.2, 0) is 9.59 Å². The van der Waals surface area contributed by atoms with Gasteiger partial charge in [-0.15, -0.1) is 0 Å². The lowest BCUT2D eigenvalue weighted by Gasteiger charge is -2.26. The Bertz CT molecular complexity index is 1410. The van der Waals surface area contributed by atoms with Gasteiger partial charge in [0.15, 0.2) is 0 Å². The molecule has 1 fully saturated rings. The third kappa shape index (κ3) is 4.20. The zero-order valence-corrected chi connectivity index (χ0v) is 20.0. The maximum absolute atomic E-state index is 13.4. The number of ketones is 1. The van der Waals surface area contributed by atoms with E-state index >= 15 is 0 Å². The molecule has 0 radical (unpaired) electrons. The van der Waals surface area contributed by atoms with Gasteiger partial charge in [-0.25, -0.2) is 0 Å². The molecule has 0 bridgehead atoms. The molecular formula is C27H21ClN2O5. The molecule has 0 aliphatic carbocycles. The van der Waals surface area contributed by atoms with Crippen LogP contribution in [0.3, 0.4) is 0 Å². The molecule has 1 amide bonds. The van der Waals surface area contributed by atoms with E-state index in [4.69, 9.17) is 26.3 Å². The number of hydrogen-bond acceptors (Lipinski definition) is 6. The molecule has 35 heavy (non-hydrogen) atoms. The molecule has 176 valence electrons. The van der Waals surface area contributed by atoms with Gasteiger partial charge < -0.3 is 14.6 Å². The minimum Gasteiger partial charge on any atom is -0.507 e. The number of carbonyl (C=O) groups excluding carboxylic acids is 2. The average Bonchev–Trinajstić information content (AvgIpc) is 3.13. The standard InChI is InChI=1S/C27H21ClN2O5/c1-15-11-20(26(35-3)21(28)12-15)24(31)22-23(17-5-4-6-19(13-17)34-2)30(27(33)25(22)32)18-9-7-16(14-29)8-10-18/h4-13,23,31H,1-3H3/b24-22+.